The van der Waals surface area contributed by atoms with Crippen LogP contribution >= 0.6 is 0 Å². The van der Waals surface area contributed by atoms with Crippen LogP contribution in [0, 0.1) is 6.92 Å². The molecule has 2 aliphatic heterocycles. The maximum Gasteiger partial charge on any atom is 0.496 e. The minimum atomic E-state index is -0.537. The number of ether oxygens (including phenoxy) is 1. The molecule has 0 radical (unpaired) electrons. The van der Waals surface area contributed by atoms with E-state index in [0.717, 1.165) is 58.1 Å². The van der Waals surface area contributed by atoms with Crippen molar-refractivity contribution in [2.75, 3.05) is 6.61 Å². The van der Waals surface area contributed by atoms with Crippen LogP contribution in [0.4, 0.5) is 0 Å². The number of carbonyl (C=O) groups excluding carboxylic acids is 1. The monoisotopic (exact) mass is 600 g/mol. The van der Waals surface area contributed by atoms with Gasteiger partial charge in [0.2, 0.25) is 5.89 Å². The lowest BCUT2D eigenvalue weighted by molar-refractivity contribution is -0.0368. The molecule has 2 aliphatic rings. The zero-order valence-electron chi connectivity index (χ0n) is 26.9. The topological polar surface area (TPSA) is 126 Å². The fourth-order valence-corrected chi connectivity index (χ4v) is 5.39. The van der Waals surface area contributed by atoms with Crippen molar-refractivity contribution in [2.24, 2.45) is 0 Å². The number of nitrogens with zero attached hydrogens (tertiary/aromatic N) is 5. The average Bonchev–Trinajstić information content (AvgIpc) is 3.67. The molecule has 12 heteroatoms. The van der Waals surface area contributed by atoms with Gasteiger partial charge in [0.15, 0.2) is 11.9 Å². The summed E-state index contributed by atoms with van der Waals surface area (Å²) in [6, 6.07) is 8.19. The quantitative estimate of drug-likeness (QED) is 0.304. The SMILES string of the molecule is Cc1cc(-c2nn(C3CCCCO3)c3ncc(B4OC(C)(C)C(C)(C)O4)cc23)ccc1CNC(=O)c1noc(C(C)(C)C)n1. The van der Waals surface area contributed by atoms with Gasteiger partial charge in [-0.1, -0.05) is 38.1 Å². The van der Waals surface area contributed by atoms with Gasteiger partial charge in [0, 0.05) is 41.2 Å². The van der Waals surface area contributed by atoms with Crippen LogP contribution in [0.5, 0.6) is 0 Å². The minimum absolute atomic E-state index is 0.0245. The normalized spacial score (nSPS) is 19.9. The lowest BCUT2D eigenvalue weighted by Crippen LogP contribution is -2.41. The maximum atomic E-state index is 12.7. The van der Waals surface area contributed by atoms with E-state index < -0.39 is 18.3 Å². The van der Waals surface area contributed by atoms with Gasteiger partial charge in [-0.15, -0.1) is 0 Å². The summed E-state index contributed by atoms with van der Waals surface area (Å²) in [6.45, 7) is 17.1. The first-order valence-electron chi connectivity index (χ1n) is 15.3. The van der Waals surface area contributed by atoms with Gasteiger partial charge in [-0.2, -0.15) is 10.1 Å². The Morgan fingerprint density at radius 2 is 1.86 bits per heavy atom. The van der Waals surface area contributed by atoms with Crippen molar-refractivity contribution in [3.63, 3.8) is 0 Å². The van der Waals surface area contributed by atoms with E-state index in [1.807, 2.05) is 78.4 Å². The van der Waals surface area contributed by atoms with E-state index >= 15 is 0 Å². The molecule has 1 N–H and O–H groups in total. The fraction of sp³-hybridized carbons (Fsp3) is 0.531. The number of hydrogen-bond acceptors (Lipinski definition) is 9. The van der Waals surface area contributed by atoms with Crippen molar-refractivity contribution in [2.45, 2.75) is 104 Å². The van der Waals surface area contributed by atoms with Gasteiger partial charge in [-0.05, 0) is 77.1 Å². The highest BCUT2D eigenvalue weighted by molar-refractivity contribution is 6.62. The molecule has 4 aromatic rings. The summed E-state index contributed by atoms with van der Waals surface area (Å²) in [5.41, 5.74) is 4.07. The third-order valence-electron chi connectivity index (χ3n) is 8.85. The molecule has 0 saturated carbocycles. The molecule has 0 spiro atoms. The summed E-state index contributed by atoms with van der Waals surface area (Å²) < 4.78 is 26.0. The highest BCUT2D eigenvalue weighted by Crippen LogP contribution is 2.37. The van der Waals surface area contributed by atoms with E-state index in [-0.39, 0.29) is 23.4 Å². The van der Waals surface area contributed by atoms with E-state index in [4.69, 9.17) is 28.7 Å². The predicted molar refractivity (Wildman–Crippen MR) is 166 cm³/mol. The number of amides is 1. The zero-order chi connectivity index (χ0) is 31.4. The molecular weight excluding hydrogens is 559 g/mol. The van der Waals surface area contributed by atoms with Crippen molar-refractivity contribution in [1.29, 1.82) is 0 Å². The summed E-state index contributed by atoms with van der Waals surface area (Å²) in [7, 11) is -0.537. The lowest BCUT2D eigenvalue weighted by Gasteiger charge is -2.32. The Bertz CT molecular complexity index is 1680. The second kappa shape index (κ2) is 11.1. The third kappa shape index (κ3) is 5.66. The first-order chi connectivity index (χ1) is 20.7. The van der Waals surface area contributed by atoms with E-state index in [0.29, 0.717) is 19.0 Å². The standard InChI is InChI=1S/C32H41BN6O5/c1-19-15-20(12-13-21(19)17-35-28(40)26-36-29(42-38-26)30(2,3)4)25-23-16-22(33-43-31(5,6)32(7,8)44-33)18-34-27(23)39(37-25)24-11-9-10-14-41-24/h12-13,15-16,18,24H,9-11,14,17H2,1-8H3,(H,35,40). The number of pyridine rings is 1. The van der Waals surface area contributed by atoms with Crippen molar-refractivity contribution < 1.29 is 23.4 Å². The molecular formula is C32H41BN6O5. The zero-order valence-corrected chi connectivity index (χ0v) is 26.9. The van der Waals surface area contributed by atoms with Crippen LogP contribution in [-0.4, -0.2) is 55.7 Å². The molecule has 1 unspecified atom stereocenters. The molecule has 2 saturated heterocycles. The molecule has 1 atom stereocenters. The molecule has 44 heavy (non-hydrogen) atoms. The Morgan fingerprint density at radius 3 is 2.50 bits per heavy atom. The highest BCUT2D eigenvalue weighted by Gasteiger charge is 2.52. The Labute approximate surface area is 258 Å². The van der Waals surface area contributed by atoms with Crippen molar-refractivity contribution >= 4 is 29.5 Å². The molecule has 0 aliphatic carbocycles. The number of benzene rings is 1. The first-order valence-corrected chi connectivity index (χ1v) is 15.3. The molecule has 1 amide bonds. The number of fused-ring (bicyclic) bond motifs is 1. The molecule has 6 rings (SSSR count). The first kappa shape index (κ1) is 30.4. The van der Waals surface area contributed by atoms with Crippen LogP contribution < -0.4 is 10.8 Å². The second-order valence-electron chi connectivity index (χ2n) is 13.8. The Balaban J connectivity index is 1.30. The molecule has 3 aromatic heterocycles. The molecule has 0 bridgehead atoms. The molecule has 1 aromatic carbocycles. The summed E-state index contributed by atoms with van der Waals surface area (Å²) in [6.07, 6.45) is 4.65. The van der Waals surface area contributed by atoms with Crippen molar-refractivity contribution in [3.05, 3.63) is 53.3 Å². The molecule has 11 nitrogen and oxygen atoms in total. The van der Waals surface area contributed by atoms with Crippen LogP contribution in [0.1, 0.15) is 102 Å². The van der Waals surface area contributed by atoms with Gasteiger partial charge in [0.25, 0.3) is 11.7 Å². The van der Waals surface area contributed by atoms with Gasteiger partial charge in [-0.3, -0.25) is 4.79 Å². The van der Waals surface area contributed by atoms with Crippen molar-refractivity contribution in [1.82, 2.24) is 30.2 Å². The number of hydrogen-bond donors (Lipinski definition) is 1. The molecule has 5 heterocycles. The van der Waals surface area contributed by atoms with E-state index in [1.165, 1.54) is 0 Å². The number of aryl methyl sites for hydroxylation is 1. The number of carbonyl (C=O) groups is 1. The Hall–Kier alpha value is -3.61. The van der Waals surface area contributed by atoms with E-state index in [9.17, 15) is 4.79 Å². The number of rotatable bonds is 6. The van der Waals surface area contributed by atoms with Crippen LogP contribution in [0.3, 0.4) is 0 Å². The predicted octanol–water partition coefficient (Wildman–Crippen LogP) is 5.02. The summed E-state index contributed by atoms with van der Waals surface area (Å²) in [5, 5.41) is 12.7. The Morgan fingerprint density at radius 1 is 1.11 bits per heavy atom. The van der Waals surface area contributed by atoms with E-state index in [1.54, 1.807) is 0 Å². The van der Waals surface area contributed by atoms with Crippen LogP contribution in [-0.2, 0) is 26.0 Å². The average molecular weight is 601 g/mol. The number of aromatic nitrogens is 5. The smallest absolute Gasteiger partial charge is 0.399 e. The highest BCUT2D eigenvalue weighted by atomic mass is 16.7. The fourth-order valence-electron chi connectivity index (χ4n) is 5.39. The van der Waals surface area contributed by atoms with Gasteiger partial charge in [0.05, 0.1) is 11.2 Å². The largest absolute Gasteiger partial charge is 0.496 e. The van der Waals surface area contributed by atoms with Crippen molar-refractivity contribution in [3.8, 4) is 11.3 Å². The molecule has 2 fully saturated rings. The maximum absolute atomic E-state index is 12.7. The summed E-state index contributed by atoms with van der Waals surface area (Å²) in [4.78, 5) is 21.9. The van der Waals surface area contributed by atoms with Gasteiger partial charge < -0.3 is 23.9 Å². The summed E-state index contributed by atoms with van der Waals surface area (Å²) in [5.74, 6) is 0.0623. The Kier molecular flexibility index (Phi) is 7.66. The van der Waals surface area contributed by atoms with Crippen LogP contribution in [0.25, 0.3) is 22.3 Å². The minimum Gasteiger partial charge on any atom is -0.399 e. The van der Waals surface area contributed by atoms with Gasteiger partial charge in [-0.25, -0.2) is 9.67 Å². The second-order valence-corrected chi connectivity index (χ2v) is 13.8. The van der Waals surface area contributed by atoms with Gasteiger partial charge in [0.1, 0.15) is 5.69 Å². The third-order valence-corrected chi connectivity index (χ3v) is 8.85. The lowest BCUT2D eigenvalue weighted by atomic mass is 9.80. The number of nitrogens with one attached hydrogen (secondary N) is 1. The molecule has 232 valence electrons. The van der Waals surface area contributed by atoms with E-state index in [2.05, 4.69) is 27.6 Å². The van der Waals surface area contributed by atoms with Gasteiger partial charge >= 0.3 is 7.12 Å². The van der Waals surface area contributed by atoms with Crippen LogP contribution in [0.15, 0.2) is 35.0 Å². The summed E-state index contributed by atoms with van der Waals surface area (Å²) >= 11 is 0. The van der Waals surface area contributed by atoms with Crippen LogP contribution in [0.2, 0.25) is 0 Å².